The van der Waals surface area contributed by atoms with Gasteiger partial charge in [0.25, 0.3) is 0 Å². The van der Waals surface area contributed by atoms with Crippen molar-refractivity contribution in [1.29, 1.82) is 0 Å². The van der Waals surface area contributed by atoms with E-state index in [0.29, 0.717) is 0 Å². The van der Waals surface area contributed by atoms with Gasteiger partial charge in [0.05, 0.1) is 16.8 Å². The lowest BCUT2D eigenvalue weighted by Gasteiger charge is -2.06. The Bertz CT molecular complexity index is 935. The number of benzene rings is 2. The summed E-state index contributed by atoms with van der Waals surface area (Å²) in [4.78, 5) is 6.25. The van der Waals surface area contributed by atoms with Gasteiger partial charge in [-0.25, -0.2) is 4.98 Å². The molecule has 0 fully saturated rings. The van der Waals surface area contributed by atoms with Crippen LogP contribution in [0.15, 0.2) is 47.4 Å². The number of rotatable bonds is 18. The van der Waals surface area contributed by atoms with Gasteiger partial charge in [0.2, 0.25) is 0 Å². The van der Waals surface area contributed by atoms with Gasteiger partial charge >= 0.3 is 0 Å². The van der Waals surface area contributed by atoms with Crippen molar-refractivity contribution in [2.75, 3.05) is 12.4 Å². The highest BCUT2D eigenvalue weighted by Gasteiger charge is 2.08. The Hall–Kier alpha value is -1.52. The van der Waals surface area contributed by atoms with Crippen molar-refractivity contribution in [2.45, 2.75) is 102 Å². The topological polar surface area (TPSA) is 22.1 Å². The standard InChI is InChI=1S/C30H43NOS2/c1-3-5-7-9-10-11-13-15-23-33-27-20-21-28-29(24-27)34-30(31-28)25-16-18-26(19-17-25)32-22-14-12-8-6-4-2/h16-21,24H,3-15,22-23H2,1-2H3. The summed E-state index contributed by atoms with van der Waals surface area (Å²) in [5, 5.41) is 1.09. The molecule has 0 saturated carbocycles. The molecule has 0 aliphatic carbocycles. The molecule has 0 radical (unpaired) electrons. The van der Waals surface area contributed by atoms with Crippen LogP contribution in [0.5, 0.6) is 5.75 Å². The first-order valence-corrected chi connectivity index (χ1v) is 15.4. The van der Waals surface area contributed by atoms with E-state index < -0.39 is 0 Å². The summed E-state index contributed by atoms with van der Waals surface area (Å²) in [6.07, 6.45) is 17.4. The molecule has 0 aliphatic heterocycles. The maximum Gasteiger partial charge on any atom is 0.124 e. The van der Waals surface area contributed by atoms with E-state index in [0.717, 1.165) is 29.3 Å². The third-order valence-corrected chi connectivity index (χ3v) is 8.39. The molecule has 2 nitrogen and oxygen atoms in total. The van der Waals surface area contributed by atoms with E-state index >= 15 is 0 Å². The van der Waals surface area contributed by atoms with Crippen molar-refractivity contribution in [1.82, 2.24) is 4.98 Å². The second kappa shape index (κ2) is 16.2. The van der Waals surface area contributed by atoms with Crippen LogP contribution in [0.25, 0.3) is 20.8 Å². The molecule has 3 rings (SSSR count). The number of nitrogens with zero attached hydrogens (tertiary/aromatic N) is 1. The second-order valence-corrected chi connectivity index (χ2v) is 11.5. The Morgan fingerprint density at radius 3 is 2.09 bits per heavy atom. The lowest BCUT2D eigenvalue weighted by Crippen LogP contribution is -1.97. The van der Waals surface area contributed by atoms with E-state index in [1.54, 1.807) is 11.3 Å². The van der Waals surface area contributed by atoms with Crippen molar-refractivity contribution < 1.29 is 4.74 Å². The van der Waals surface area contributed by atoms with Crippen LogP contribution in [0, 0.1) is 0 Å². The zero-order valence-corrected chi connectivity index (χ0v) is 23.0. The van der Waals surface area contributed by atoms with Crippen LogP contribution >= 0.6 is 23.1 Å². The summed E-state index contributed by atoms with van der Waals surface area (Å²) in [5.41, 5.74) is 2.27. The Kier molecular flexibility index (Phi) is 12.9. The van der Waals surface area contributed by atoms with Gasteiger partial charge in [0, 0.05) is 10.5 Å². The zero-order valence-electron chi connectivity index (χ0n) is 21.3. The van der Waals surface area contributed by atoms with E-state index in [2.05, 4.69) is 56.3 Å². The minimum absolute atomic E-state index is 0.809. The van der Waals surface area contributed by atoms with Gasteiger partial charge in [0.1, 0.15) is 10.8 Å². The molecule has 1 aromatic heterocycles. The molecule has 34 heavy (non-hydrogen) atoms. The maximum absolute atomic E-state index is 5.92. The molecule has 0 unspecified atom stereocenters. The molecule has 1 heterocycles. The monoisotopic (exact) mass is 497 g/mol. The number of fused-ring (bicyclic) bond motifs is 1. The molecule has 186 valence electrons. The third kappa shape index (κ3) is 9.62. The van der Waals surface area contributed by atoms with Gasteiger partial charge in [-0.2, -0.15) is 0 Å². The lowest BCUT2D eigenvalue weighted by atomic mass is 10.1. The van der Waals surface area contributed by atoms with E-state index in [9.17, 15) is 0 Å². The largest absolute Gasteiger partial charge is 0.494 e. The van der Waals surface area contributed by atoms with Crippen LogP contribution in [0.3, 0.4) is 0 Å². The fourth-order valence-electron chi connectivity index (χ4n) is 4.13. The van der Waals surface area contributed by atoms with Crippen molar-refractivity contribution in [3.8, 4) is 16.3 Å². The van der Waals surface area contributed by atoms with E-state index in [1.165, 1.54) is 98.0 Å². The Balaban J connectivity index is 1.42. The van der Waals surface area contributed by atoms with Crippen molar-refractivity contribution in [3.05, 3.63) is 42.5 Å². The molecule has 4 heteroatoms. The van der Waals surface area contributed by atoms with Gasteiger partial charge in [-0.15, -0.1) is 23.1 Å². The lowest BCUT2D eigenvalue weighted by molar-refractivity contribution is 0.304. The summed E-state index contributed by atoms with van der Waals surface area (Å²) in [5.74, 6) is 2.17. The van der Waals surface area contributed by atoms with Crippen molar-refractivity contribution >= 4 is 33.3 Å². The van der Waals surface area contributed by atoms with E-state index in [-0.39, 0.29) is 0 Å². The number of aromatic nitrogens is 1. The highest BCUT2D eigenvalue weighted by molar-refractivity contribution is 7.99. The predicted octanol–water partition coefficient (Wildman–Crippen LogP) is 10.5. The summed E-state index contributed by atoms with van der Waals surface area (Å²) >= 11 is 3.78. The van der Waals surface area contributed by atoms with Crippen LogP contribution < -0.4 is 4.74 Å². The third-order valence-electron chi connectivity index (χ3n) is 6.24. The van der Waals surface area contributed by atoms with Crippen LogP contribution in [0.1, 0.15) is 97.3 Å². The number of unbranched alkanes of at least 4 members (excludes halogenated alkanes) is 11. The number of ether oxygens (including phenoxy) is 1. The molecule has 0 saturated heterocycles. The highest BCUT2D eigenvalue weighted by atomic mass is 32.2. The maximum atomic E-state index is 5.92. The zero-order chi connectivity index (χ0) is 23.8. The van der Waals surface area contributed by atoms with Crippen molar-refractivity contribution in [2.24, 2.45) is 0 Å². The van der Waals surface area contributed by atoms with Crippen LogP contribution in [0.4, 0.5) is 0 Å². The average molecular weight is 498 g/mol. The fraction of sp³-hybridized carbons (Fsp3) is 0.567. The molecule has 0 spiro atoms. The summed E-state index contributed by atoms with van der Waals surface area (Å²) < 4.78 is 7.20. The smallest absolute Gasteiger partial charge is 0.124 e. The molecular weight excluding hydrogens is 454 g/mol. The summed E-state index contributed by atoms with van der Waals surface area (Å²) in [6, 6.07) is 15.2. The average Bonchev–Trinajstić information content (AvgIpc) is 3.29. The normalized spacial score (nSPS) is 11.4. The Morgan fingerprint density at radius 1 is 0.735 bits per heavy atom. The minimum Gasteiger partial charge on any atom is -0.494 e. The van der Waals surface area contributed by atoms with Gasteiger partial charge < -0.3 is 4.74 Å². The fourth-order valence-corrected chi connectivity index (χ4v) is 6.17. The van der Waals surface area contributed by atoms with Gasteiger partial charge in [-0.3, -0.25) is 0 Å². The highest BCUT2D eigenvalue weighted by Crippen LogP contribution is 2.33. The summed E-state index contributed by atoms with van der Waals surface area (Å²) in [7, 11) is 0. The van der Waals surface area contributed by atoms with Crippen LogP contribution in [-0.4, -0.2) is 17.3 Å². The predicted molar refractivity (Wildman–Crippen MR) is 153 cm³/mol. The molecule has 2 aromatic carbocycles. The van der Waals surface area contributed by atoms with E-state index in [1.807, 2.05) is 11.8 Å². The number of thiazole rings is 1. The minimum atomic E-state index is 0.809. The van der Waals surface area contributed by atoms with Gasteiger partial charge in [-0.05, 0) is 61.1 Å². The SMILES string of the molecule is CCCCCCCCCCSc1ccc2nc(-c3ccc(OCCCCCCC)cc3)sc2c1. The first-order valence-electron chi connectivity index (χ1n) is 13.6. The quantitative estimate of drug-likeness (QED) is 0.129. The van der Waals surface area contributed by atoms with Crippen molar-refractivity contribution in [3.63, 3.8) is 0 Å². The van der Waals surface area contributed by atoms with Gasteiger partial charge in [0.15, 0.2) is 0 Å². The first-order chi connectivity index (χ1) is 16.8. The van der Waals surface area contributed by atoms with Gasteiger partial charge in [-0.1, -0.05) is 84.5 Å². The molecule has 0 bridgehead atoms. The molecule has 0 atom stereocenters. The second-order valence-electron chi connectivity index (χ2n) is 9.26. The van der Waals surface area contributed by atoms with E-state index in [4.69, 9.17) is 9.72 Å². The Morgan fingerprint density at radius 2 is 1.38 bits per heavy atom. The van der Waals surface area contributed by atoms with Crippen LogP contribution in [-0.2, 0) is 0 Å². The number of hydrogen-bond donors (Lipinski definition) is 0. The number of thioether (sulfide) groups is 1. The number of hydrogen-bond acceptors (Lipinski definition) is 4. The first kappa shape index (κ1) is 27.1. The molecule has 0 aliphatic rings. The molecule has 0 amide bonds. The Labute approximate surface area is 215 Å². The summed E-state index contributed by atoms with van der Waals surface area (Å²) in [6.45, 7) is 5.34. The molecule has 0 N–H and O–H groups in total. The molecule has 3 aromatic rings. The molecular formula is C30H43NOS2. The van der Waals surface area contributed by atoms with Crippen LogP contribution in [0.2, 0.25) is 0 Å².